The van der Waals surface area contributed by atoms with Crippen LogP contribution in [0.5, 0.6) is 0 Å². The molecule has 0 aliphatic rings. The molecule has 0 bridgehead atoms. The highest BCUT2D eigenvalue weighted by atomic mass is 16.6. The molecule has 0 aliphatic heterocycles. The van der Waals surface area contributed by atoms with Gasteiger partial charge in [-0.25, -0.2) is 4.79 Å². The Balaban J connectivity index is 0.000000303. The zero-order valence-electron chi connectivity index (χ0n) is 17.5. The summed E-state index contributed by atoms with van der Waals surface area (Å²) in [6.07, 6.45) is 5.18. The van der Waals surface area contributed by atoms with E-state index in [1.54, 1.807) is 7.11 Å². The quantitative estimate of drug-likeness (QED) is 0.308. The molecule has 0 saturated carbocycles. The number of esters is 1. The molecule has 0 saturated heterocycles. The summed E-state index contributed by atoms with van der Waals surface area (Å²) in [7, 11) is 1.54. The lowest BCUT2D eigenvalue weighted by molar-refractivity contribution is -0.138. The predicted octanol–water partition coefficient (Wildman–Crippen LogP) is 5.11. The van der Waals surface area contributed by atoms with Crippen LogP contribution in [0.2, 0.25) is 0 Å². The van der Waals surface area contributed by atoms with Crippen LogP contribution in [-0.2, 0) is 14.3 Å². The van der Waals surface area contributed by atoms with Crippen molar-refractivity contribution in [2.45, 2.75) is 13.8 Å². The fourth-order valence-electron chi connectivity index (χ4n) is 2.37. The molecular formula is C24H26N2O4. The summed E-state index contributed by atoms with van der Waals surface area (Å²) in [6, 6.07) is 16.1. The molecule has 2 aromatic carbocycles. The average molecular weight is 406 g/mol. The third-order valence-electron chi connectivity index (χ3n) is 3.94. The number of carbonyl (C=O) groups is 1. The molecule has 0 fully saturated rings. The molecule has 156 valence electrons. The average Bonchev–Trinajstić information content (AvgIpc) is 3.26. The molecule has 6 heteroatoms. The zero-order valence-corrected chi connectivity index (χ0v) is 17.5. The summed E-state index contributed by atoms with van der Waals surface area (Å²) >= 11 is 0. The van der Waals surface area contributed by atoms with Crippen LogP contribution in [0.25, 0.3) is 29.0 Å². The minimum Gasteiger partial charge on any atom is -0.460 e. The highest BCUT2D eigenvalue weighted by Gasteiger charge is 2.10. The Hall–Kier alpha value is -3.51. The molecule has 0 amide bonds. The van der Waals surface area contributed by atoms with Gasteiger partial charge in [-0.3, -0.25) is 0 Å². The maximum Gasteiger partial charge on any atom is 0.330 e. The number of rotatable bonds is 7. The second-order valence-corrected chi connectivity index (χ2v) is 6.26. The van der Waals surface area contributed by atoms with E-state index in [9.17, 15) is 4.79 Å². The van der Waals surface area contributed by atoms with E-state index in [1.807, 2.05) is 61.5 Å². The van der Waals surface area contributed by atoms with Gasteiger partial charge in [-0.15, -0.1) is 10.2 Å². The number of hydrogen-bond donors (Lipinski definition) is 0. The van der Waals surface area contributed by atoms with Crippen LogP contribution in [0.3, 0.4) is 0 Å². The van der Waals surface area contributed by atoms with Gasteiger partial charge in [-0.05, 0) is 43.7 Å². The van der Waals surface area contributed by atoms with E-state index in [0.29, 0.717) is 25.0 Å². The smallest absolute Gasteiger partial charge is 0.330 e. The Labute approximate surface area is 176 Å². The number of benzene rings is 2. The largest absolute Gasteiger partial charge is 0.460 e. The first-order valence-corrected chi connectivity index (χ1v) is 9.49. The minimum absolute atomic E-state index is 0.293. The lowest BCUT2D eigenvalue weighted by atomic mass is 10.1. The molecular weight excluding hydrogens is 380 g/mol. The van der Waals surface area contributed by atoms with Crippen LogP contribution in [0, 0.1) is 6.92 Å². The molecule has 0 radical (unpaired) electrons. The zero-order chi connectivity index (χ0) is 21.8. The van der Waals surface area contributed by atoms with E-state index in [0.717, 1.165) is 22.8 Å². The maximum absolute atomic E-state index is 10.3. The van der Waals surface area contributed by atoms with Gasteiger partial charge >= 0.3 is 5.97 Å². The van der Waals surface area contributed by atoms with Gasteiger partial charge in [-0.2, -0.15) is 0 Å². The van der Waals surface area contributed by atoms with Gasteiger partial charge in [0.25, 0.3) is 0 Å². The topological polar surface area (TPSA) is 74.5 Å². The first-order valence-electron chi connectivity index (χ1n) is 9.49. The van der Waals surface area contributed by atoms with Gasteiger partial charge in [-0.1, -0.05) is 48.6 Å². The number of allylic oxidation sites excluding steroid dienone is 1. The summed E-state index contributed by atoms with van der Waals surface area (Å²) in [5.74, 6) is 0.673. The van der Waals surface area contributed by atoms with Crippen molar-refractivity contribution in [2.75, 3.05) is 20.3 Å². The summed E-state index contributed by atoms with van der Waals surface area (Å²) in [5, 5.41) is 8.25. The Morgan fingerprint density at radius 1 is 1.00 bits per heavy atom. The number of carbonyl (C=O) groups excluding carboxylic acids is 1. The van der Waals surface area contributed by atoms with E-state index in [2.05, 4.69) is 39.2 Å². The van der Waals surface area contributed by atoms with E-state index >= 15 is 0 Å². The first kappa shape index (κ1) is 22.8. The van der Waals surface area contributed by atoms with Crippen LogP contribution >= 0.6 is 0 Å². The number of ether oxygens (including phenoxy) is 2. The minimum atomic E-state index is -0.410. The Morgan fingerprint density at radius 2 is 1.57 bits per heavy atom. The molecule has 0 aliphatic carbocycles. The monoisotopic (exact) mass is 406 g/mol. The van der Waals surface area contributed by atoms with E-state index < -0.39 is 5.97 Å². The van der Waals surface area contributed by atoms with Crippen LogP contribution in [0.4, 0.5) is 0 Å². The highest BCUT2D eigenvalue weighted by molar-refractivity contribution is 5.81. The van der Waals surface area contributed by atoms with Crippen molar-refractivity contribution in [3.05, 3.63) is 78.4 Å². The van der Waals surface area contributed by atoms with Gasteiger partial charge in [0.15, 0.2) is 0 Å². The Kier molecular flexibility index (Phi) is 9.21. The van der Waals surface area contributed by atoms with Crippen molar-refractivity contribution in [3.63, 3.8) is 0 Å². The van der Waals surface area contributed by atoms with Crippen LogP contribution in [0.15, 0.2) is 71.7 Å². The second-order valence-electron chi connectivity index (χ2n) is 6.26. The fraction of sp³-hybridized carbons (Fsp3) is 0.208. The van der Waals surface area contributed by atoms with Gasteiger partial charge < -0.3 is 13.9 Å². The van der Waals surface area contributed by atoms with Crippen molar-refractivity contribution in [1.82, 2.24) is 10.2 Å². The lowest BCUT2D eigenvalue weighted by Gasteiger charge is -1.98. The van der Waals surface area contributed by atoms with E-state index in [4.69, 9.17) is 4.42 Å². The molecule has 3 rings (SSSR count). The highest BCUT2D eigenvalue weighted by Crippen LogP contribution is 2.24. The molecule has 1 aromatic heterocycles. The van der Waals surface area contributed by atoms with Gasteiger partial charge in [0.05, 0.1) is 6.61 Å². The van der Waals surface area contributed by atoms with Gasteiger partial charge in [0.1, 0.15) is 6.61 Å². The van der Waals surface area contributed by atoms with Crippen LogP contribution in [-0.4, -0.2) is 36.5 Å². The van der Waals surface area contributed by atoms with Gasteiger partial charge in [0.2, 0.25) is 11.8 Å². The van der Waals surface area contributed by atoms with Crippen molar-refractivity contribution in [1.29, 1.82) is 0 Å². The predicted molar refractivity (Wildman–Crippen MR) is 118 cm³/mol. The lowest BCUT2D eigenvalue weighted by Crippen LogP contribution is -2.06. The van der Waals surface area contributed by atoms with E-state index in [-0.39, 0.29) is 0 Å². The molecule has 0 spiro atoms. The molecule has 1 heterocycles. The van der Waals surface area contributed by atoms with Crippen molar-refractivity contribution < 1.29 is 18.7 Å². The normalized spacial score (nSPS) is 10.4. The SMILES string of the molecule is C/C=C/c1ccc(-c2nnc(-c3ccc(C)cc3)o2)cc1.C=CC(=O)OCCOC. The van der Waals surface area contributed by atoms with E-state index in [1.165, 1.54) is 5.56 Å². The molecule has 0 N–H and O–H groups in total. The van der Waals surface area contributed by atoms with Crippen molar-refractivity contribution >= 4 is 12.0 Å². The van der Waals surface area contributed by atoms with Crippen molar-refractivity contribution in [3.8, 4) is 22.9 Å². The number of methoxy groups -OCH3 is 1. The summed E-state index contributed by atoms with van der Waals surface area (Å²) < 4.78 is 14.9. The molecule has 0 atom stereocenters. The summed E-state index contributed by atoms with van der Waals surface area (Å²) in [5.41, 5.74) is 4.22. The summed E-state index contributed by atoms with van der Waals surface area (Å²) in [6.45, 7) is 8.00. The maximum atomic E-state index is 10.3. The Morgan fingerprint density at radius 3 is 2.07 bits per heavy atom. The van der Waals surface area contributed by atoms with Crippen LogP contribution < -0.4 is 0 Å². The fourth-order valence-corrected chi connectivity index (χ4v) is 2.37. The van der Waals surface area contributed by atoms with Crippen LogP contribution in [0.1, 0.15) is 18.1 Å². The molecule has 6 nitrogen and oxygen atoms in total. The number of nitrogens with zero attached hydrogens (tertiary/aromatic N) is 2. The first-order chi connectivity index (χ1) is 14.6. The Bertz CT molecular complexity index is 958. The summed E-state index contributed by atoms with van der Waals surface area (Å²) in [4.78, 5) is 10.3. The van der Waals surface area contributed by atoms with Crippen molar-refractivity contribution in [2.24, 2.45) is 0 Å². The molecule has 0 unspecified atom stereocenters. The number of aryl methyl sites for hydroxylation is 1. The number of aromatic nitrogens is 2. The molecule has 3 aromatic rings. The number of hydrogen-bond acceptors (Lipinski definition) is 6. The third kappa shape index (κ3) is 7.14. The van der Waals surface area contributed by atoms with Gasteiger partial charge in [0, 0.05) is 24.3 Å². The standard InChI is InChI=1S/C18H16N2O.C6H10O3/c1-3-4-14-7-11-16(12-8-14)18-20-19-17(21-18)15-9-5-13(2)6-10-15;1-3-6(7)9-5-4-8-2/h3-12H,1-2H3;3H,1,4-5H2,2H3/b4-3+;. The third-order valence-corrected chi connectivity index (χ3v) is 3.94. The second kappa shape index (κ2) is 12.1. The molecule has 30 heavy (non-hydrogen) atoms.